The van der Waals surface area contributed by atoms with E-state index >= 15 is 4.39 Å². The van der Waals surface area contributed by atoms with E-state index in [1.54, 1.807) is 18.2 Å². The molecular weight excluding hydrogens is 461 g/mol. The summed E-state index contributed by atoms with van der Waals surface area (Å²) >= 11 is 6.23. The summed E-state index contributed by atoms with van der Waals surface area (Å²) in [7, 11) is 3.02. The Hall–Kier alpha value is -2.72. The minimum atomic E-state index is -3.06. The van der Waals surface area contributed by atoms with Crippen molar-refractivity contribution in [2.45, 2.75) is 50.4 Å². The Morgan fingerprint density at radius 1 is 1.33 bits per heavy atom. The van der Waals surface area contributed by atoms with Crippen LogP contribution in [0.1, 0.15) is 40.7 Å². The lowest BCUT2D eigenvalue weighted by Gasteiger charge is -2.36. The van der Waals surface area contributed by atoms with E-state index < -0.39 is 29.7 Å². The number of methoxy groups -OCH3 is 2. The number of alkyl halides is 2. The normalized spacial score (nSPS) is 21.7. The van der Waals surface area contributed by atoms with Gasteiger partial charge >= 0.3 is 0 Å². The number of anilines is 1. The Morgan fingerprint density at radius 2 is 2.09 bits per heavy atom. The predicted molar refractivity (Wildman–Crippen MR) is 117 cm³/mol. The number of hydrogen-bond donors (Lipinski definition) is 2. The Morgan fingerprint density at radius 3 is 2.79 bits per heavy atom. The summed E-state index contributed by atoms with van der Waals surface area (Å²) in [5.74, 6) is -3.52. The molecule has 1 saturated carbocycles. The Balaban J connectivity index is 1.59. The number of amides is 1. The summed E-state index contributed by atoms with van der Waals surface area (Å²) in [6, 6.07) is 2.80. The molecule has 2 atom stereocenters. The Kier molecular flexibility index (Phi) is 6.32. The van der Waals surface area contributed by atoms with Gasteiger partial charge in [-0.15, -0.1) is 0 Å². The van der Waals surface area contributed by atoms with Crippen molar-refractivity contribution in [2.24, 2.45) is 5.73 Å². The largest absolute Gasteiger partial charge is 0.497 e. The number of halogens is 4. The molecule has 3 N–H and O–H groups in total. The second-order valence-electron chi connectivity index (χ2n) is 8.19. The third-order valence-corrected chi connectivity index (χ3v) is 6.44. The molecule has 0 spiro atoms. The average Bonchev–Trinajstić information content (AvgIpc) is 3.12. The van der Waals surface area contributed by atoms with Crippen LogP contribution in [0.25, 0.3) is 0 Å². The van der Waals surface area contributed by atoms with Crippen molar-refractivity contribution in [1.29, 1.82) is 0 Å². The minimum Gasteiger partial charge on any atom is -0.497 e. The number of benzene rings is 1. The van der Waals surface area contributed by atoms with E-state index in [4.69, 9.17) is 26.8 Å². The van der Waals surface area contributed by atoms with E-state index in [2.05, 4.69) is 10.3 Å². The van der Waals surface area contributed by atoms with Gasteiger partial charge in [-0.05, 0) is 25.0 Å². The fourth-order valence-corrected chi connectivity index (χ4v) is 4.59. The lowest BCUT2D eigenvalue weighted by Crippen LogP contribution is -2.55. The molecular formula is C22H24ClF3N4O3. The minimum absolute atomic E-state index is 0.0366. The molecule has 1 amide bonds. The zero-order valence-corrected chi connectivity index (χ0v) is 18.9. The van der Waals surface area contributed by atoms with Gasteiger partial charge in [-0.25, -0.2) is 18.2 Å². The number of rotatable bonds is 6. The van der Waals surface area contributed by atoms with Crippen LogP contribution in [-0.4, -0.2) is 48.0 Å². The quantitative estimate of drug-likeness (QED) is 0.603. The van der Waals surface area contributed by atoms with Crippen molar-refractivity contribution in [3.8, 4) is 11.5 Å². The molecule has 0 saturated heterocycles. The summed E-state index contributed by atoms with van der Waals surface area (Å²) in [5, 5.41) is 2.50. The summed E-state index contributed by atoms with van der Waals surface area (Å²) in [5.41, 5.74) is 6.42. The maximum Gasteiger partial charge on any atom is 0.264 e. The van der Waals surface area contributed by atoms with Gasteiger partial charge in [0, 0.05) is 36.2 Å². The van der Waals surface area contributed by atoms with Gasteiger partial charge in [0.15, 0.2) is 11.6 Å². The van der Waals surface area contributed by atoms with Crippen LogP contribution in [0.3, 0.4) is 0 Å². The highest BCUT2D eigenvalue weighted by Gasteiger charge is 2.45. The van der Waals surface area contributed by atoms with Crippen LogP contribution < -0.4 is 20.5 Å². The molecule has 2 aliphatic rings. The highest BCUT2D eigenvalue weighted by Crippen LogP contribution is 2.38. The Bertz CT molecular complexity index is 1090. The van der Waals surface area contributed by atoms with Gasteiger partial charge in [-0.3, -0.25) is 4.79 Å². The summed E-state index contributed by atoms with van der Waals surface area (Å²) in [6.07, 6.45) is 0.273. The number of pyridine rings is 1. The first kappa shape index (κ1) is 23.4. The zero-order valence-electron chi connectivity index (χ0n) is 18.1. The first-order valence-corrected chi connectivity index (χ1v) is 10.8. The number of carbonyl (C=O) groups is 1. The van der Waals surface area contributed by atoms with Crippen LogP contribution in [0, 0.1) is 5.82 Å². The smallest absolute Gasteiger partial charge is 0.264 e. The maximum atomic E-state index is 15.3. The first-order chi connectivity index (χ1) is 15.7. The maximum absolute atomic E-state index is 15.3. The second-order valence-corrected chi connectivity index (χ2v) is 8.55. The van der Waals surface area contributed by atoms with Gasteiger partial charge in [-0.1, -0.05) is 11.6 Å². The van der Waals surface area contributed by atoms with Crippen LogP contribution in [0.4, 0.5) is 19.0 Å². The van der Waals surface area contributed by atoms with Gasteiger partial charge in [0.25, 0.3) is 11.8 Å². The molecule has 178 valence electrons. The van der Waals surface area contributed by atoms with Crippen LogP contribution in [0.2, 0.25) is 5.15 Å². The lowest BCUT2D eigenvalue weighted by molar-refractivity contribution is -0.0555. The second kappa shape index (κ2) is 8.90. The molecule has 11 heteroatoms. The fourth-order valence-electron chi connectivity index (χ4n) is 4.31. The van der Waals surface area contributed by atoms with E-state index in [0.29, 0.717) is 23.5 Å². The van der Waals surface area contributed by atoms with Gasteiger partial charge in [0.05, 0.1) is 32.4 Å². The molecule has 1 aliphatic heterocycles. The summed E-state index contributed by atoms with van der Waals surface area (Å²) in [4.78, 5) is 18.3. The molecule has 0 bridgehead atoms. The third-order valence-electron chi connectivity index (χ3n) is 6.16. The first-order valence-electron chi connectivity index (χ1n) is 10.4. The number of carbonyl (C=O) groups excluding carboxylic acids is 1. The monoisotopic (exact) mass is 484 g/mol. The standard InChI is InChI=1S/C22H24ClF3N4O3/c1-32-12-6-5-11(15(8-12)33-2)9-30-10-13-16(21(30)31)19(23)29-20(17(13)24)28-14-4-3-7-22(25,26)18(14)27/h5-6,8,14,18H,3-4,7,9-10,27H2,1-2H3,(H,28,29)/t14?,18-/m1/s1. The molecule has 4 rings (SSSR count). The molecule has 1 fully saturated rings. The molecule has 0 radical (unpaired) electrons. The van der Waals surface area contributed by atoms with Crippen LogP contribution in [0.5, 0.6) is 11.5 Å². The van der Waals surface area contributed by atoms with Crippen molar-refractivity contribution >= 4 is 23.3 Å². The fraction of sp³-hybridized carbons (Fsp3) is 0.455. The van der Waals surface area contributed by atoms with Crippen molar-refractivity contribution < 1.29 is 27.4 Å². The summed E-state index contributed by atoms with van der Waals surface area (Å²) in [6.45, 7) is 0.0813. The molecule has 1 aromatic heterocycles. The Labute approximate surface area is 194 Å². The SMILES string of the molecule is COc1ccc(CN2Cc3c(F)c(NC4CCCC(F)(F)[C@@H]4N)nc(Cl)c3C2=O)c(OC)c1. The molecule has 2 heterocycles. The van der Waals surface area contributed by atoms with Crippen LogP contribution >= 0.6 is 11.6 Å². The molecule has 1 unspecified atom stereocenters. The van der Waals surface area contributed by atoms with Crippen molar-refractivity contribution in [3.63, 3.8) is 0 Å². The number of hydrogen-bond acceptors (Lipinski definition) is 6. The average molecular weight is 485 g/mol. The molecule has 1 aliphatic carbocycles. The zero-order chi connectivity index (χ0) is 23.9. The van der Waals surface area contributed by atoms with E-state index in [1.165, 1.54) is 19.1 Å². The molecule has 7 nitrogen and oxygen atoms in total. The van der Waals surface area contributed by atoms with Crippen molar-refractivity contribution in [2.75, 3.05) is 19.5 Å². The molecule has 33 heavy (non-hydrogen) atoms. The highest BCUT2D eigenvalue weighted by molar-refractivity contribution is 6.33. The number of nitrogens with one attached hydrogen (secondary N) is 1. The van der Waals surface area contributed by atoms with Crippen LogP contribution in [0.15, 0.2) is 18.2 Å². The van der Waals surface area contributed by atoms with E-state index in [-0.39, 0.29) is 48.0 Å². The predicted octanol–water partition coefficient (Wildman–Crippen LogP) is 3.97. The topological polar surface area (TPSA) is 89.7 Å². The number of ether oxygens (including phenoxy) is 2. The van der Waals surface area contributed by atoms with Crippen LogP contribution in [-0.2, 0) is 13.1 Å². The van der Waals surface area contributed by atoms with Crippen molar-refractivity contribution in [1.82, 2.24) is 9.88 Å². The third kappa shape index (κ3) is 4.29. The molecule has 1 aromatic carbocycles. The lowest BCUT2D eigenvalue weighted by atomic mass is 9.87. The van der Waals surface area contributed by atoms with Gasteiger partial charge in [-0.2, -0.15) is 0 Å². The van der Waals surface area contributed by atoms with Crippen molar-refractivity contribution in [3.05, 3.63) is 45.9 Å². The number of nitrogens with two attached hydrogens (primary N) is 1. The van der Waals surface area contributed by atoms with E-state index in [9.17, 15) is 13.6 Å². The summed E-state index contributed by atoms with van der Waals surface area (Å²) < 4.78 is 53.9. The number of fused-ring (bicyclic) bond motifs is 1. The van der Waals surface area contributed by atoms with Gasteiger partial charge in [0.1, 0.15) is 16.7 Å². The number of aromatic nitrogens is 1. The van der Waals surface area contributed by atoms with Gasteiger partial charge < -0.3 is 25.4 Å². The van der Waals surface area contributed by atoms with E-state index in [0.717, 1.165) is 0 Å². The number of nitrogens with zero attached hydrogens (tertiary/aromatic N) is 2. The molecule has 2 aromatic rings. The van der Waals surface area contributed by atoms with Gasteiger partial charge in [0.2, 0.25) is 0 Å². The highest BCUT2D eigenvalue weighted by atomic mass is 35.5. The van der Waals surface area contributed by atoms with E-state index in [1.807, 2.05) is 0 Å².